The van der Waals surface area contributed by atoms with Crippen LogP contribution in [-0.4, -0.2) is 35.6 Å². The molecule has 1 aromatic carbocycles. The Morgan fingerprint density at radius 3 is 2.66 bits per heavy atom. The van der Waals surface area contributed by atoms with E-state index in [0.717, 1.165) is 33.5 Å². The van der Waals surface area contributed by atoms with Crippen molar-refractivity contribution in [3.8, 4) is 0 Å². The smallest absolute Gasteiger partial charge is 0.309 e. The van der Waals surface area contributed by atoms with Gasteiger partial charge in [0.05, 0.1) is 33.0 Å². The van der Waals surface area contributed by atoms with Crippen molar-refractivity contribution < 1.29 is 9.53 Å². The molecule has 32 heavy (non-hydrogen) atoms. The van der Waals surface area contributed by atoms with E-state index in [1.807, 2.05) is 26.0 Å². The fourth-order valence-corrected chi connectivity index (χ4v) is 5.33. The number of thiophene rings is 1. The second-order valence-corrected chi connectivity index (χ2v) is 10.0. The molecule has 0 saturated carbocycles. The zero-order valence-electron chi connectivity index (χ0n) is 17.8. The first-order chi connectivity index (χ1) is 15.4. The quantitative estimate of drug-likeness (QED) is 0.387. The van der Waals surface area contributed by atoms with Gasteiger partial charge in [0.15, 0.2) is 0 Å². The van der Waals surface area contributed by atoms with Crippen LogP contribution in [0.2, 0.25) is 15.1 Å². The number of halogens is 3. The Morgan fingerprint density at radius 2 is 1.97 bits per heavy atom. The van der Waals surface area contributed by atoms with Crippen LogP contribution in [0.15, 0.2) is 18.2 Å². The van der Waals surface area contributed by atoms with Crippen LogP contribution in [0.5, 0.6) is 0 Å². The average Bonchev–Trinajstić information content (AvgIpc) is 3.08. The molecule has 0 atom stereocenters. The van der Waals surface area contributed by atoms with Gasteiger partial charge in [0.1, 0.15) is 10.6 Å². The zero-order chi connectivity index (χ0) is 22.8. The predicted molar refractivity (Wildman–Crippen MR) is 133 cm³/mol. The average molecular weight is 514 g/mol. The molecular weight excluding hydrogens is 491 g/mol. The number of piperidine rings is 1. The topological polar surface area (TPSA) is 67.3 Å². The largest absolute Gasteiger partial charge is 0.466 e. The molecule has 0 spiro atoms. The third-order valence-corrected chi connectivity index (χ3v) is 7.81. The predicted octanol–water partition coefficient (Wildman–Crippen LogP) is 6.35. The summed E-state index contributed by atoms with van der Waals surface area (Å²) >= 11 is 20.3. The third-order valence-electron chi connectivity index (χ3n) is 5.48. The maximum absolute atomic E-state index is 12.1. The lowest BCUT2D eigenvalue weighted by molar-refractivity contribution is -0.148. The van der Waals surface area contributed by atoms with Crippen molar-refractivity contribution in [2.45, 2.75) is 33.2 Å². The minimum atomic E-state index is -0.117. The van der Waals surface area contributed by atoms with Gasteiger partial charge < -0.3 is 15.0 Å². The van der Waals surface area contributed by atoms with Crippen LogP contribution in [0.3, 0.4) is 0 Å². The molecule has 1 aliphatic rings. The molecule has 4 rings (SSSR count). The summed E-state index contributed by atoms with van der Waals surface area (Å²) in [6.07, 6.45) is 1.44. The molecule has 1 aliphatic heterocycles. The van der Waals surface area contributed by atoms with E-state index < -0.39 is 0 Å². The summed E-state index contributed by atoms with van der Waals surface area (Å²) in [5.41, 5.74) is 0.978. The molecule has 6 nitrogen and oxygen atoms in total. The van der Waals surface area contributed by atoms with Crippen LogP contribution >= 0.6 is 46.1 Å². The molecule has 0 radical (unpaired) electrons. The van der Waals surface area contributed by atoms with Crippen molar-refractivity contribution in [3.63, 3.8) is 0 Å². The Morgan fingerprint density at radius 1 is 1.22 bits per heavy atom. The van der Waals surface area contributed by atoms with Crippen molar-refractivity contribution in [1.82, 2.24) is 9.97 Å². The minimum absolute atomic E-state index is 0.0689. The van der Waals surface area contributed by atoms with E-state index in [-0.39, 0.29) is 11.9 Å². The summed E-state index contributed by atoms with van der Waals surface area (Å²) in [5.74, 6) is 1.13. The van der Waals surface area contributed by atoms with Crippen molar-refractivity contribution in [2.24, 2.45) is 5.92 Å². The van der Waals surface area contributed by atoms with Gasteiger partial charge in [-0.15, -0.1) is 11.3 Å². The van der Waals surface area contributed by atoms with Crippen LogP contribution in [0.4, 0.5) is 11.8 Å². The second kappa shape index (κ2) is 10.00. The summed E-state index contributed by atoms with van der Waals surface area (Å²) < 4.78 is 5.18. The van der Waals surface area contributed by atoms with Gasteiger partial charge in [-0.05, 0) is 44.4 Å². The highest BCUT2D eigenvalue weighted by atomic mass is 35.5. The molecule has 0 bridgehead atoms. The first-order valence-electron chi connectivity index (χ1n) is 10.4. The molecule has 3 aromatic rings. The molecule has 1 saturated heterocycles. The molecule has 170 valence electrons. The van der Waals surface area contributed by atoms with Crippen LogP contribution < -0.4 is 10.2 Å². The monoisotopic (exact) mass is 512 g/mol. The highest BCUT2D eigenvalue weighted by molar-refractivity contribution is 7.19. The number of fused-ring (bicyclic) bond motifs is 1. The van der Waals surface area contributed by atoms with Crippen LogP contribution in [0.25, 0.3) is 10.2 Å². The van der Waals surface area contributed by atoms with Gasteiger partial charge in [0.2, 0.25) is 5.95 Å². The number of anilines is 2. The molecule has 0 amide bonds. The first-order valence-corrected chi connectivity index (χ1v) is 12.4. The number of nitrogens with one attached hydrogen (secondary N) is 1. The summed E-state index contributed by atoms with van der Waals surface area (Å²) in [7, 11) is 0. The van der Waals surface area contributed by atoms with Crippen molar-refractivity contribution >= 4 is 74.1 Å². The van der Waals surface area contributed by atoms with Crippen molar-refractivity contribution in [2.75, 3.05) is 29.9 Å². The number of aromatic nitrogens is 2. The van der Waals surface area contributed by atoms with Crippen LogP contribution in [0.1, 0.15) is 30.2 Å². The highest BCUT2D eigenvalue weighted by Crippen LogP contribution is 2.39. The van der Waals surface area contributed by atoms with Gasteiger partial charge >= 0.3 is 5.97 Å². The van der Waals surface area contributed by atoms with E-state index in [1.54, 1.807) is 17.4 Å². The first kappa shape index (κ1) is 23.4. The maximum atomic E-state index is 12.1. The lowest BCUT2D eigenvalue weighted by Crippen LogP contribution is -2.38. The summed E-state index contributed by atoms with van der Waals surface area (Å²) in [5, 5.41) is 5.90. The van der Waals surface area contributed by atoms with E-state index in [2.05, 4.69) is 10.2 Å². The van der Waals surface area contributed by atoms with E-state index in [0.29, 0.717) is 53.1 Å². The molecular formula is C22H23Cl3N4O2S. The normalized spacial score (nSPS) is 14.7. The molecule has 1 fully saturated rings. The zero-order valence-corrected chi connectivity index (χ0v) is 20.8. The minimum Gasteiger partial charge on any atom is -0.466 e. The fourth-order valence-electron chi connectivity index (χ4n) is 3.75. The summed E-state index contributed by atoms with van der Waals surface area (Å²) in [4.78, 5) is 25.6. The van der Waals surface area contributed by atoms with Gasteiger partial charge in [-0.3, -0.25) is 4.79 Å². The molecule has 2 aromatic heterocycles. The number of benzene rings is 1. The van der Waals surface area contributed by atoms with E-state index in [9.17, 15) is 4.79 Å². The van der Waals surface area contributed by atoms with Gasteiger partial charge in [-0.25, -0.2) is 4.98 Å². The lowest BCUT2D eigenvalue weighted by atomic mass is 9.97. The maximum Gasteiger partial charge on any atom is 0.309 e. The van der Waals surface area contributed by atoms with Gasteiger partial charge in [0.25, 0.3) is 0 Å². The van der Waals surface area contributed by atoms with Crippen molar-refractivity contribution in [1.29, 1.82) is 0 Å². The number of ether oxygens (including phenoxy) is 1. The lowest BCUT2D eigenvalue weighted by Gasteiger charge is -2.31. The Hall–Kier alpha value is -1.80. The standard InChI is InChI=1S/C22H23Cl3N4O2S/c1-3-31-21(30)14-6-8-29(9-7-14)22-27-19(17-18(25)12(2)32-20(17)28-22)26-11-13-4-5-15(23)16(24)10-13/h4-5,10,14H,3,6-9,11H2,1-2H3,(H,26,27,28). The Labute approximate surface area is 205 Å². The number of carbonyl (C=O) groups is 1. The Balaban J connectivity index is 1.58. The van der Waals surface area contributed by atoms with Crippen molar-refractivity contribution in [3.05, 3.63) is 43.7 Å². The number of aryl methyl sites for hydroxylation is 1. The Bertz CT molecular complexity index is 1150. The van der Waals surface area contributed by atoms with Gasteiger partial charge in [-0.2, -0.15) is 4.98 Å². The SMILES string of the molecule is CCOC(=O)C1CCN(c2nc(NCc3ccc(Cl)c(Cl)c3)c3c(Cl)c(C)sc3n2)CC1. The van der Waals surface area contributed by atoms with E-state index in [4.69, 9.17) is 49.5 Å². The molecule has 0 aliphatic carbocycles. The van der Waals surface area contributed by atoms with Gasteiger partial charge in [-0.1, -0.05) is 40.9 Å². The summed E-state index contributed by atoms with van der Waals surface area (Å²) in [6, 6.07) is 5.52. The number of rotatable bonds is 6. The number of hydrogen-bond acceptors (Lipinski definition) is 7. The van der Waals surface area contributed by atoms with E-state index >= 15 is 0 Å². The summed E-state index contributed by atoms with van der Waals surface area (Å²) in [6.45, 7) is 6.11. The molecule has 0 unspecified atom stereocenters. The number of carbonyl (C=O) groups excluding carboxylic acids is 1. The molecule has 3 heterocycles. The second-order valence-electron chi connectivity index (χ2n) is 7.64. The van der Waals surface area contributed by atoms with Crippen LogP contribution in [0, 0.1) is 12.8 Å². The Kier molecular flexibility index (Phi) is 7.30. The number of nitrogens with zero attached hydrogens (tertiary/aromatic N) is 3. The van der Waals surface area contributed by atoms with Gasteiger partial charge in [0, 0.05) is 24.5 Å². The number of hydrogen-bond donors (Lipinski definition) is 1. The van der Waals surface area contributed by atoms with Crippen LogP contribution in [-0.2, 0) is 16.1 Å². The highest BCUT2D eigenvalue weighted by Gasteiger charge is 2.28. The third kappa shape index (κ3) is 4.91. The molecule has 10 heteroatoms. The molecule has 1 N–H and O–H groups in total. The number of esters is 1. The van der Waals surface area contributed by atoms with E-state index in [1.165, 1.54) is 0 Å². The fraction of sp³-hybridized carbons (Fsp3) is 0.409.